The lowest BCUT2D eigenvalue weighted by Gasteiger charge is -2.10. The van der Waals surface area contributed by atoms with Gasteiger partial charge in [-0.3, -0.25) is 4.79 Å². The summed E-state index contributed by atoms with van der Waals surface area (Å²) in [6.45, 7) is 6.48. The smallest absolute Gasteiger partial charge is 0.274 e. The van der Waals surface area contributed by atoms with Gasteiger partial charge in [-0.2, -0.15) is 0 Å². The second-order valence-electron chi connectivity index (χ2n) is 6.93. The van der Waals surface area contributed by atoms with E-state index in [1.165, 1.54) is 17.7 Å². The summed E-state index contributed by atoms with van der Waals surface area (Å²) in [5, 5.41) is 5.94. The maximum Gasteiger partial charge on any atom is 0.274 e. The van der Waals surface area contributed by atoms with Gasteiger partial charge in [-0.15, -0.1) is 0 Å². The molecule has 6 heteroatoms. The largest absolute Gasteiger partial charge is 0.350 e. The standard InChI is InChI=1S/C22H23FN4O/c1-14(2)17-6-10-19(11-7-17)26-21(28)20-12-15(3)25-22(27-20)24-13-16-4-8-18(23)9-5-16/h4-12,14H,13H2,1-3H3,(H,26,28)(H,24,25,27). The van der Waals surface area contributed by atoms with E-state index in [2.05, 4.69) is 34.4 Å². The highest BCUT2D eigenvalue weighted by molar-refractivity contribution is 6.03. The molecule has 2 aromatic carbocycles. The highest BCUT2D eigenvalue weighted by Gasteiger charge is 2.11. The summed E-state index contributed by atoms with van der Waals surface area (Å²) in [6, 6.07) is 15.6. The lowest BCUT2D eigenvalue weighted by Crippen LogP contribution is -2.16. The zero-order chi connectivity index (χ0) is 20.1. The molecular weight excluding hydrogens is 355 g/mol. The van der Waals surface area contributed by atoms with Crippen molar-refractivity contribution in [1.82, 2.24) is 9.97 Å². The van der Waals surface area contributed by atoms with Crippen LogP contribution in [0, 0.1) is 12.7 Å². The molecule has 0 aliphatic heterocycles. The number of halogens is 1. The Morgan fingerprint density at radius 1 is 1.04 bits per heavy atom. The van der Waals surface area contributed by atoms with Crippen molar-refractivity contribution in [3.63, 3.8) is 0 Å². The number of nitrogens with one attached hydrogen (secondary N) is 2. The summed E-state index contributed by atoms with van der Waals surface area (Å²) in [4.78, 5) is 21.2. The second kappa shape index (κ2) is 8.61. The molecule has 0 unspecified atom stereocenters. The molecule has 3 aromatic rings. The van der Waals surface area contributed by atoms with Gasteiger partial charge < -0.3 is 10.6 Å². The quantitative estimate of drug-likeness (QED) is 0.639. The summed E-state index contributed by atoms with van der Waals surface area (Å²) < 4.78 is 13.0. The number of rotatable bonds is 6. The van der Waals surface area contributed by atoms with Crippen molar-refractivity contribution in [2.75, 3.05) is 10.6 Å². The van der Waals surface area contributed by atoms with Crippen LogP contribution >= 0.6 is 0 Å². The van der Waals surface area contributed by atoms with E-state index in [4.69, 9.17) is 0 Å². The molecule has 0 radical (unpaired) electrons. The predicted octanol–water partition coefficient (Wildman–Crippen LogP) is 4.91. The normalized spacial score (nSPS) is 10.8. The summed E-state index contributed by atoms with van der Waals surface area (Å²) >= 11 is 0. The Morgan fingerprint density at radius 2 is 1.71 bits per heavy atom. The lowest BCUT2D eigenvalue weighted by molar-refractivity contribution is 0.102. The molecule has 28 heavy (non-hydrogen) atoms. The SMILES string of the molecule is Cc1cc(C(=O)Nc2ccc(C(C)C)cc2)nc(NCc2ccc(F)cc2)n1. The number of carbonyl (C=O) groups excluding carboxylic acids is 1. The second-order valence-corrected chi connectivity index (χ2v) is 6.93. The number of aryl methyl sites for hydroxylation is 1. The number of carbonyl (C=O) groups is 1. The van der Waals surface area contributed by atoms with Gasteiger partial charge in [0.2, 0.25) is 5.95 Å². The topological polar surface area (TPSA) is 66.9 Å². The van der Waals surface area contributed by atoms with Crippen LogP contribution in [0.2, 0.25) is 0 Å². The average molecular weight is 378 g/mol. The van der Waals surface area contributed by atoms with Crippen molar-refractivity contribution in [2.45, 2.75) is 33.2 Å². The number of anilines is 2. The molecule has 1 aromatic heterocycles. The van der Waals surface area contributed by atoms with Crippen LogP contribution < -0.4 is 10.6 Å². The Kier molecular flexibility index (Phi) is 5.99. The predicted molar refractivity (Wildman–Crippen MR) is 109 cm³/mol. The molecule has 0 fully saturated rings. The van der Waals surface area contributed by atoms with E-state index in [1.807, 2.05) is 24.3 Å². The monoisotopic (exact) mass is 378 g/mol. The van der Waals surface area contributed by atoms with Gasteiger partial charge in [0.25, 0.3) is 5.91 Å². The Balaban J connectivity index is 1.69. The maximum atomic E-state index is 13.0. The molecule has 0 spiro atoms. The first-order valence-electron chi connectivity index (χ1n) is 9.16. The van der Waals surface area contributed by atoms with Gasteiger partial charge in [0.1, 0.15) is 11.5 Å². The number of aromatic nitrogens is 2. The molecular formula is C22H23FN4O. The number of benzene rings is 2. The van der Waals surface area contributed by atoms with Crippen molar-refractivity contribution in [2.24, 2.45) is 0 Å². The van der Waals surface area contributed by atoms with Gasteiger partial charge in [-0.05, 0) is 54.3 Å². The zero-order valence-corrected chi connectivity index (χ0v) is 16.2. The van der Waals surface area contributed by atoms with Crippen LogP contribution in [0.1, 0.15) is 47.1 Å². The van der Waals surface area contributed by atoms with E-state index >= 15 is 0 Å². The van der Waals surface area contributed by atoms with Crippen LogP contribution in [0.25, 0.3) is 0 Å². The van der Waals surface area contributed by atoms with Gasteiger partial charge in [0.05, 0.1) is 0 Å². The molecule has 0 atom stereocenters. The molecule has 1 heterocycles. The first-order chi connectivity index (χ1) is 13.4. The molecule has 1 amide bonds. The average Bonchev–Trinajstić information content (AvgIpc) is 2.67. The Hall–Kier alpha value is -3.28. The van der Waals surface area contributed by atoms with Gasteiger partial charge in [-0.25, -0.2) is 14.4 Å². The first-order valence-corrected chi connectivity index (χ1v) is 9.16. The van der Waals surface area contributed by atoms with Crippen LogP contribution in [0.5, 0.6) is 0 Å². The fourth-order valence-corrected chi connectivity index (χ4v) is 2.69. The minimum Gasteiger partial charge on any atom is -0.350 e. The number of hydrogen-bond donors (Lipinski definition) is 2. The molecule has 0 saturated carbocycles. The van der Waals surface area contributed by atoms with Gasteiger partial charge in [0, 0.05) is 17.9 Å². The fraction of sp³-hybridized carbons (Fsp3) is 0.227. The van der Waals surface area contributed by atoms with Crippen LogP contribution in [-0.2, 0) is 6.54 Å². The fourth-order valence-electron chi connectivity index (χ4n) is 2.69. The zero-order valence-electron chi connectivity index (χ0n) is 16.2. The summed E-state index contributed by atoms with van der Waals surface area (Å²) in [5.41, 5.74) is 3.77. The highest BCUT2D eigenvalue weighted by Crippen LogP contribution is 2.18. The Labute approximate surface area is 164 Å². The van der Waals surface area contributed by atoms with Crippen molar-refractivity contribution < 1.29 is 9.18 Å². The molecule has 0 bridgehead atoms. The van der Waals surface area contributed by atoms with E-state index in [0.717, 1.165) is 5.56 Å². The minimum atomic E-state index is -0.298. The van der Waals surface area contributed by atoms with Crippen molar-refractivity contribution >= 4 is 17.5 Å². The molecule has 144 valence electrons. The first kappa shape index (κ1) is 19.5. The number of nitrogens with zero attached hydrogens (tertiary/aromatic N) is 2. The van der Waals surface area contributed by atoms with Crippen molar-refractivity contribution in [1.29, 1.82) is 0 Å². The van der Waals surface area contributed by atoms with Gasteiger partial charge >= 0.3 is 0 Å². The van der Waals surface area contributed by atoms with Crippen LogP contribution in [0.15, 0.2) is 54.6 Å². The summed E-state index contributed by atoms with van der Waals surface area (Å²) in [5.74, 6) is 0.206. The van der Waals surface area contributed by atoms with Crippen LogP contribution in [0.4, 0.5) is 16.0 Å². The summed E-state index contributed by atoms with van der Waals surface area (Å²) in [7, 11) is 0. The van der Waals surface area contributed by atoms with Crippen LogP contribution in [0.3, 0.4) is 0 Å². The third-order valence-corrected chi connectivity index (χ3v) is 4.29. The van der Waals surface area contributed by atoms with E-state index in [1.54, 1.807) is 25.1 Å². The van der Waals surface area contributed by atoms with E-state index < -0.39 is 0 Å². The number of amides is 1. The van der Waals surface area contributed by atoms with E-state index in [9.17, 15) is 9.18 Å². The molecule has 5 nitrogen and oxygen atoms in total. The molecule has 3 rings (SSSR count). The van der Waals surface area contributed by atoms with Gasteiger partial charge in [0.15, 0.2) is 0 Å². The lowest BCUT2D eigenvalue weighted by atomic mass is 10.0. The minimum absolute atomic E-state index is 0.280. The van der Waals surface area contributed by atoms with Crippen molar-refractivity contribution in [3.8, 4) is 0 Å². The van der Waals surface area contributed by atoms with E-state index in [0.29, 0.717) is 29.8 Å². The maximum absolute atomic E-state index is 13.0. The van der Waals surface area contributed by atoms with Gasteiger partial charge in [-0.1, -0.05) is 38.1 Å². The summed E-state index contributed by atoms with van der Waals surface area (Å²) in [6.07, 6.45) is 0. The molecule has 0 saturated heterocycles. The van der Waals surface area contributed by atoms with Crippen molar-refractivity contribution in [3.05, 3.63) is 82.9 Å². The molecule has 2 N–H and O–H groups in total. The number of hydrogen-bond acceptors (Lipinski definition) is 4. The molecule has 0 aliphatic carbocycles. The molecule has 0 aliphatic rings. The third kappa shape index (κ3) is 5.13. The van der Waals surface area contributed by atoms with Crippen LogP contribution in [-0.4, -0.2) is 15.9 Å². The highest BCUT2D eigenvalue weighted by atomic mass is 19.1. The third-order valence-electron chi connectivity index (χ3n) is 4.29. The van der Waals surface area contributed by atoms with E-state index in [-0.39, 0.29) is 17.4 Å². The Morgan fingerprint density at radius 3 is 2.36 bits per heavy atom. The Bertz CT molecular complexity index is 953.